The Morgan fingerprint density at radius 2 is 1.79 bits per heavy atom. The molecule has 150 valence electrons. The average molecular weight is 390 g/mol. The minimum absolute atomic E-state index is 0.402. The molecule has 3 aromatic rings. The van der Waals surface area contributed by atoms with Crippen LogP contribution in [0.4, 0.5) is 0 Å². The zero-order chi connectivity index (χ0) is 20.1. The van der Waals surface area contributed by atoms with E-state index in [1.54, 1.807) is 18.5 Å². The molecule has 1 amide bonds. The van der Waals surface area contributed by atoms with Crippen LogP contribution in [0.2, 0.25) is 0 Å². The number of nitrogens with two attached hydrogens (primary N) is 1. The van der Waals surface area contributed by atoms with Gasteiger partial charge in [0.05, 0.1) is 12.7 Å². The van der Waals surface area contributed by atoms with E-state index in [0.29, 0.717) is 24.9 Å². The van der Waals surface area contributed by atoms with E-state index < -0.39 is 5.91 Å². The van der Waals surface area contributed by atoms with Gasteiger partial charge in [0.1, 0.15) is 12.4 Å². The summed E-state index contributed by atoms with van der Waals surface area (Å²) >= 11 is 0. The van der Waals surface area contributed by atoms with E-state index in [4.69, 9.17) is 15.2 Å². The van der Waals surface area contributed by atoms with Gasteiger partial charge in [0.2, 0.25) is 5.91 Å². The first-order chi connectivity index (χ1) is 14.2. The van der Waals surface area contributed by atoms with Crippen molar-refractivity contribution in [1.29, 1.82) is 0 Å². The lowest BCUT2D eigenvalue weighted by Gasteiger charge is -2.21. The summed E-state index contributed by atoms with van der Waals surface area (Å²) in [7, 11) is 0. The van der Waals surface area contributed by atoms with Crippen LogP contribution in [0.1, 0.15) is 42.5 Å². The number of carbonyl (C=O) groups excluding carboxylic acids is 1. The first-order valence-corrected chi connectivity index (χ1v) is 10.2. The summed E-state index contributed by atoms with van der Waals surface area (Å²) in [4.78, 5) is 15.9. The van der Waals surface area contributed by atoms with E-state index in [0.717, 1.165) is 27.6 Å². The topological polar surface area (TPSA) is 74.4 Å². The molecule has 1 fully saturated rings. The van der Waals surface area contributed by atoms with Crippen molar-refractivity contribution < 1.29 is 14.3 Å². The largest absolute Gasteiger partial charge is 0.491 e. The van der Waals surface area contributed by atoms with Gasteiger partial charge in [-0.1, -0.05) is 37.5 Å². The van der Waals surface area contributed by atoms with E-state index in [1.165, 1.54) is 32.1 Å². The fraction of sp³-hybridized carbons (Fsp3) is 0.333. The number of primary amides is 1. The third kappa shape index (κ3) is 4.74. The molecule has 0 aliphatic heterocycles. The Bertz CT molecular complexity index is 979. The van der Waals surface area contributed by atoms with Gasteiger partial charge in [-0.25, -0.2) is 0 Å². The molecule has 0 bridgehead atoms. The summed E-state index contributed by atoms with van der Waals surface area (Å²) in [5, 5.41) is 1.92. The van der Waals surface area contributed by atoms with E-state index in [9.17, 15) is 4.79 Å². The maximum Gasteiger partial charge on any atom is 0.248 e. The van der Waals surface area contributed by atoms with Crippen molar-refractivity contribution in [2.45, 2.75) is 38.2 Å². The minimum atomic E-state index is -0.436. The zero-order valence-corrected chi connectivity index (χ0v) is 16.5. The van der Waals surface area contributed by atoms with Crippen LogP contribution in [0, 0.1) is 0 Å². The number of aromatic nitrogens is 1. The Morgan fingerprint density at radius 3 is 2.55 bits per heavy atom. The molecule has 2 aromatic carbocycles. The molecular weight excluding hydrogens is 364 g/mol. The second-order valence-electron chi connectivity index (χ2n) is 7.49. The first kappa shape index (κ1) is 19.4. The molecular formula is C24H26N2O3. The number of carbonyl (C=O) groups is 1. The van der Waals surface area contributed by atoms with Gasteiger partial charge >= 0.3 is 0 Å². The Labute approximate surface area is 170 Å². The third-order valence-corrected chi connectivity index (χ3v) is 5.47. The van der Waals surface area contributed by atoms with Crippen LogP contribution in [-0.2, 0) is 4.74 Å². The second-order valence-corrected chi connectivity index (χ2v) is 7.49. The molecule has 5 nitrogen and oxygen atoms in total. The van der Waals surface area contributed by atoms with Gasteiger partial charge in [0.15, 0.2) is 0 Å². The normalized spacial score (nSPS) is 14.8. The van der Waals surface area contributed by atoms with Gasteiger partial charge in [-0.3, -0.25) is 9.78 Å². The maximum absolute atomic E-state index is 11.5. The average Bonchev–Trinajstić information content (AvgIpc) is 2.77. The molecule has 1 aromatic heterocycles. The zero-order valence-electron chi connectivity index (χ0n) is 16.5. The quantitative estimate of drug-likeness (QED) is 0.592. The lowest BCUT2D eigenvalue weighted by Crippen LogP contribution is -2.19. The SMILES string of the molecule is NC(=O)c1ccc2cncc(-c3ccc(OCCOC4CCCCC4)cc3)c2c1. The number of amides is 1. The summed E-state index contributed by atoms with van der Waals surface area (Å²) in [6, 6.07) is 13.3. The van der Waals surface area contributed by atoms with Gasteiger partial charge in [-0.2, -0.15) is 0 Å². The smallest absolute Gasteiger partial charge is 0.248 e. The number of hydrogen-bond donors (Lipinski definition) is 1. The van der Waals surface area contributed by atoms with Crippen molar-refractivity contribution in [2.24, 2.45) is 5.73 Å². The Balaban J connectivity index is 1.42. The number of rotatable bonds is 7. The summed E-state index contributed by atoms with van der Waals surface area (Å²) in [6.07, 6.45) is 10.2. The molecule has 0 saturated heterocycles. The Hall–Kier alpha value is -2.92. The summed E-state index contributed by atoms with van der Waals surface area (Å²) in [6.45, 7) is 1.17. The van der Waals surface area contributed by atoms with Gasteiger partial charge in [-0.15, -0.1) is 0 Å². The minimum Gasteiger partial charge on any atom is -0.491 e. The molecule has 4 rings (SSSR count). The van der Waals surface area contributed by atoms with Crippen LogP contribution in [0.25, 0.3) is 21.9 Å². The maximum atomic E-state index is 11.5. The molecule has 0 atom stereocenters. The Kier molecular flexibility index (Phi) is 6.06. The van der Waals surface area contributed by atoms with Crippen LogP contribution < -0.4 is 10.5 Å². The molecule has 1 aliphatic carbocycles. The highest BCUT2D eigenvalue weighted by Crippen LogP contribution is 2.29. The summed E-state index contributed by atoms with van der Waals surface area (Å²) < 4.78 is 11.7. The second kappa shape index (κ2) is 9.05. The van der Waals surface area contributed by atoms with E-state index in [-0.39, 0.29) is 0 Å². The van der Waals surface area contributed by atoms with Gasteiger partial charge in [0, 0.05) is 28.9 Å². The van der Waals surface area contributed by atoms with Crippen molar-refractivity contribution in [3.63, 3.8) is 0 Å². The highest BCUT2D eigenvalue weighted by molar-refractivity contribution is 6.02. The standard InChI is InChI=1S/C24H26N2O3/c25-24(27)18-6-7-19-15-26-16-23(22(19)14-18)17-8-10-21(11-9-17)29-13-12-28-20-4-2-1-3-5-20/h6-11,14-16,20H,1-5,12-13H2,(H2,25,27). The van der Waals surface area contributed by atoms with E-state index in [1.807, 2.05) is 36.4 Å². The lowest BCUT2D eigenvalue weighted by molar-refractivity contribution is 0.0129. The van der Waals surface area contributed by atoms with Gasteiger partial charge < -0.3 is 15.2 Å². The van der Waals surface area contributed by atoms with Gasteiger partial charge in [-0.05, 0) is 48.1 Å². The molecule has 0 spiro atoms. The molecule has 0 unspecified atom stereocenters. The predicted molar refractivity (Wildman–Crippen MR) is 114 cm³/mol. The van der Waals surface area contributed by atoms with Crippen molar-refractivity contribution in [1.82, 2.24) is 4.98 Å². The lowest BCUT2D eigenvalue weighted by atomic mass is 9.98. The number of fused-ring (bicyclic) bond motifs is 1. The number of pyridine rings is 1. The van der Waals surface area contributed by atoms with Crippen molar-refractivity contribution in [3.8, 4) is 16.9 Å². The highest BCUT2D eigenvalue weighted by Gasteiger charge is 2.13. The van der Waals surface area contributed by atoms with Crippen LogP contribution >= 0.6 is 0 Å². The van der Waals surface area contributed by atoms with E-state index in [2.05, 4.69) is 4.98 Å². The van der Waals surface area contributed by atoms with Crippen LogP contribution in [0.5, 0.6) is 5.75 Å². The molecule has 2 N–H and O–H groups in total. The van der Waals surface area contributed by atoms with Crippen LogP contribution in [-0.4, -0.2) is 30.2 Å². The fourth-order valence-electron chi connectivity index (χ4n) is 3.88. The number of benzene rings is 2. The van der Waals surface area contributed by atoms with Crippen LogP contribution in [0.15, 0.2) is 54.9 Å². The number of nitrogens with zero attached hydrogens (tertiary/aromatic N) is 1. The monoisotopic (exact) mass is 390 g/mol. The number of ether oxygens (including phenoxy) is 2. The molecule has 1 aliphatic rings. The summed E-state index contributed by atoms with van der Waals surface area (Å²) in [5.74, 6) is 0.376. The van der Waals surface area contributed by atoms with Crippen LogP contribution in [0.3, 0.4) is 0 Å². The molecule has 1 saturated carbocycles. The van der Waals surface area contributed by atoms with E-state index >= 15 is 0 Å². The molecule has 1 heterocycles. The Morgan fingerprint density at radius 1 is 1.00 bits per heavy atom. The molecule has 0 radical (unpaired) electrons. The highest BCUT2D eigenvalue weighted by atomic mass is 16.5. The van der Waals surface area contributed by atoms with Crippen molar-refractivity contribution in [3.05, 3.63) is 60.4 Å². The van der Waals surface area contributed by atoms with Gasteiger partial charge in [0.25, 0.3) is 0 Å². The fourth-order valence-corrected chi connectivity index (χ4v) is 3.88. The molecule has 29 heavy (non-hydrogen) atoms. The molecule has 5 heteroatoms. The number of hydrogen-bond acceptors (Lipinski definition) is 4. The van der Waals surface area contributed by atoms with Crippen molar-refractivity contribution in [2.75, 3.05) is 13.2 Å². The summed E-state index contributed by atoms with van der Waals surface area (Å²) in [5.41, 5.74) is 7.89. The third-order valence-electron chi connectivity index (χ3n) is 5.47. The van der Waals surface area contributed by atoms with Crippen molar-refractivity contribution >= 4 is 16.7 Å². The first-order valence-electron chi connectivity index (χ1n) is 10.2. The predicted octanol–water partition coefficient (Wildman–Crippen LogP) is 4.73.